The second-order valence-corrected chi connectivity index (χ2v) is 8.83. The number of rotatable bonds is 14. The number of hydrogen-bond acceptors (Lipinski definition) is 5. The van der Waals surface area contributed by atoms with Crippen molar-refractivity contribution in [3.63, 3.8) is 0 Å². The lowest BCUT2D eigenvalue weighted by Crippen LogP contribution is -2.34. The van der Waals surface area contributed by atoms with Gasteiger partial charge in [-0.1, -0.05) is 67.4 Å². The number of ether oxygens (including phenoxy) is 1. The minimum Gasteiger partial charge on any atom is -0.423 e. The number of halogens is 1. The fourth-order valence-corrected chi connectivity index (χ4v) is 3.53. The summed E-state index contributed by atoms with van der Waals surface area (Å²) in [4.78, 5) is 35.9. The third kappa shape index (κ3) is 11.2. The molecule has 0 aromatic heterocycles. The van der Waals surface area contributed by atoms with E-state index < -0.39 is 11.9 Å². The Morgan fingerprint density at radius 3 is 2.35 bits per heavy atom. The molecule has 0 radical (unpaired) electrons. The number of nitrogens with one attached hydrogen (secondary N) is 2. The molecule has 0 heterocycles. The molecule has 0 aliphatic carbocycles. The number of nitrogens with zero attached hydrogens (tertiary/aromatic N) is 1. The Kier molecular flexibility index (Phi) is 12.6. The molecule has 182 valence electrons. The summed E-state index contributed by atoms with van der Waals surface area (Å²) in [7, 11) is 0. The molecule has 0 bridgehead atoms. The summed E-state index contributed by atoms with van der Waals surface area (Å²) >= 11 is 3.32. The van der Waals surface area contributed by atoms with Crippen molar-refractivity contribution in [2.45, 2.75) is 58.3 Å². The van der Waals surface area contributed by atoms with E-state index in [-0.39, 0.29) is 12.5 Å². The monoisotopic (exact) mass is 529 g/mol. The van der Waals surface area contributed by atoms with Gasteiger partial charge in [-0.05, 0) is 54.4 Å². The van der Waals surface area contributed by atoms with Crippen LogP contribution in [0.5, 0.6) is 5.75 Å². The highest BCUT2D eigenvalue weighted by atomic mass is 79.9. The molecule has 0 saturated carbocycles. The lowest BCUT2D eigenvalue weighted by Gasteiger charge is -2.05. The molecule has 2 N–H and O–H groups in total. The number of hydrogen-bond donors (Lipinski definition) is 2. The number of benzene rings is 2. The molecule has 2 aromatic rings. The van der Waals surface area contributed by atoms with Crippen LogP contribution in [0.2, 0.25) is 0 Å². The molecule has 0 unspecified atom stereocenters. The van der Waals surface area contributed by atoms with Crippen molar-refractivity contribution in [3.8, 4) is 5.75 Å². The molecule has 2 aromatic carbocycles. The maximum absolute atomic E-state index is 12.2. The Bertz CT molecular complexity index is 961. The van der Waals surface area contributed by atoms with E-state index in [9.17, 15) is 14.4 Å². The molecular formula is C26H32BrN3O4. The summed E-state index contributed by atoms with van der Waals surface area (Å²) in [6, 6.07) is 13.7. The van der Waals surface area contributed by atoms with Crippen molar-refractivity contribution in [2.24, 2.45) is 5.10 Å². The Hall–Kier alpha value is -3.00. The fourth-order valence-electron chi connectivity index (χ4n) is 3.13. The van der Waals surface area contributed by atoms with Gasteiger partial charge in [0.2, 0.25) is 5.91 Å². The van der Waals surface area contributed by atoms with Crippen molar-refractivity contribution < 1.29 is 19.1 Å². The van der Waals surface area contributed by atoms with E-state index in [1.54, 1.807) is 42.5 Å². The summed E-state index contributed by atoms with van der Waals surface area (Å²) in [5.74, 6) is -0.580. The zero-order chi connectivity index (χ0) is 24.6. The molecule has 0 saturated heterocycles. The highest BCUT2D eigenvalue weighted by Gasteiger charge is 2.09. The first-order valence-corrected chi connectivity index (χ1v) is 12.4. The van der Waals surface area contributed by atoms with Crippen molar-refractivity contribution >= 4 is 39.9 Å². The van der Waals surface area contributed by atoms with Crippen LogP contribution in [0.4, 0.5) is 0 Å². The van der Waals surface area contributed by atoms with E-state index in [1.165, 1.54) is 31.9 Å². The van der Waals surface area contributed by atoms with Gasteiger partial charge in [-0.15, -0.1) is 0 Å². The SMILES string of the molecule is CCCCCCCCCC(=O)NCC(=O)N/N=C/c1ccc(OC(=O)c2cccc(Br)c2)cc1. The number of carbonyl (C=O) groups is 3. The van der Waals surface area contributed by atoms with E-state index >= 15 is 0 Å². The minimum atomic E-state index is -0.455. The van der Waals surface area contributed by atoms with Crippen LogP contribution in [0.3, 0.4) is 0 Å². The number of esters is 1. The molecule has 0 aliphatic rings. The average molecular weight is 530 g/mol. The van der Waals surface area contributed by atoms with Crippen LogP contribution in [0.1, 0.15) is 74.2 Å². The number of carbonyl (C=O) groups excluding carboxylic acids is 3. The van der Waals surface area contributed by atoms with Crippen LogP contribution in [0.15, 0.2) is 58.1 Å². The van der Waals surface area contributed by atoms with Gasteiger partial charge in [-0.25, -0.2) is 10.2 Å². The highest BCUT2D eigenvalue weighted by molar-refractivity contribution is 9.10. The molecular weight excluding hydrogens is 498 g/mol. The van der Waals surface area contributed by atoms with Crippen LogP contribution < -0.4 is 15.5 Å². The Balaban J connectivity index is 1.63. The van der Waals surface area contributed by atoms with Gasteiger partial charge in [-0.2, -0.15) is 5.10 Å². The quantitative estimate of drug-likeness (QED) is 0.113. The smallest absolute Gasteiger partial charge is 0.343 e. The predicted octanol–water partition coefficient (Wildman–Crippen LogP) is 5.38. The topological polar surface area (TPSA) is 96.9 Å². The molecule has 0 aliphatic heterocycles. The third-order valence-corrected chi connectivity index (χ3v) is 5.50. The van der Waals surface area contributed by atoms with Crippen molar-refractivity contribution in [1.82, 2.24) is 10.7 Å². The highest BCUT2D eigenvalue weighted by Crippen LogP contribution is 2.16. The van der Waals surface area contributed by atoms with Gasteiger partial charge in [-0.3, -0.25) is 9.59 Å². The van der Waals surface area contributed by atoms with E-state index in [2.05, 4.69) is 38.7 Å². The molecule has 34 heavy (non-hydrogen) atoms. The second kappa shape index (κ2) is 15.8. The van der Waals surface area contributed by atoms with Gasteiger partial charge in [0.25, 0.3) is 5.91 Å². The molecule has 2 rings (SSSR count). The number of hydrazone groups is 1. The summed E-state index contributed by atoms with van der Waals surface area (Å²) in [5.41, 5.74) is 3.54. The standard InChI is InChI=1S/C26H32BrN3O4/c1-2-3-4-5-6-7-8-12-24(31)28-19-25(32)30-29-18-20-13-15-23(16-14-20)34-26(33)21-10-9-11-22(27)17-21/h9-11,13-18H,2-8,12,19H2,1H3,(H,28,31)(H,30,32)/b29-18+. The summed E-state index contributed by atoms with van der Waals surface area (Å²) in [5, 5.41) is 6.50. The van der Waals surface area contributed by atoms with Crippen molar-refractivity contribution in [1.29, 1.82) is 0 Å². The van der Waals surface area contributed by atoms with Gasteiger partial charge < -0.3 is 10.1 Å². The van der Waals surface area contributed by atoms with Gasteiger partial charge >= 0.3 is 5.97 Å². The Morgan fingerprint density at radius 1 is 0.941 bits per heavy atom. The van der Waals surface area contributed by atoms with Gasteiger partial charge in [0.1, 0.15) is 5.75 Å². The second-order valence-electron chi connectivity index (χ2n) is 7.91. The van der Waals surface area contributed by atoms with Gasteiger partial charge in [0, 0.05) is 10.9 Å². The van der Waals surface area contributed by atoms with Crippen LogP contribution >= 0.6 is 15.9 Å². The minimum absolute atomic E-state index is 0.114. The zero-order valence-corrected chi connectivity index (χ0v) is 21.1. The Morgan fingerprint density at radius 2 is 1.65 bits per heavy atom. The van der Waals surface area contributed by atoms with E-state index in [4.69, 9.17) is 4.74 Å². The first-order valence-electron chi connectivity index (χ1n) is 11.6. The maximum atomic E-state index is 12.2. The summed E-state index contributed by atoms with van der Waals surface area (Å²) in [6.07, 6.45) is 9.90. The number of amides is 2. The van der Waals surface area contributed by atoms with Crippen LogP contribution in [0, 0.1) is 0 Å². The molecule has 0 spiro atoms. The summed E-state index contributed by atoms with van der Waals surface area (Å²) in [6.45, 7) is 2.08. The molecule has 0 fully saturated rings. The predicted molar refractivity (Wildman–Crippen MR) is 137 cm³/mol. The lowest BCUT2D eigenvalue weighted by molar-refractivity contribution is -0.126. The first kappa shape index (κ1) is 27.2. The molecule has 7 nitrogen and oxygen atoms in total. The van der Waals surface area contributed by atoms with E-state index in [0.717, 1.165) is 23.7 Å². The van der Waals surface area contributed by atoms with Crippen molar-refractivity contribution in [2.75, 3.05) is 6.54 Å². The third-order valence-electron chi connectivity index (χ3n) is 5.01. The van der Waals surface area contributed by atoms with Crippen molar-refractivity contribution in [3.05, 3.63) is 64.1 Å². The van der Waals surface area contributed by atoms with E-state index in [1.807, 2.05) is 6.07 Å². The van der Waals surface area contributed by atoms with Gasteiger partial charge in [0.15, 0.2) is 0 Å². The molecule has 0 atom stereocenters. The normalized spacial score (nSPS) is 10.8. The first-order chi connectivity index (χ1) is 16.5. The number of unbranched alkanes of at least 4 members (excludes halogenated alkanes) is 6. The van der Waals surface area contributed by atoms with Gasteiger partial charge in [0.05, 0.1) is 18.3 Å². The fraction of sp³-hybridized carbons (Fsp3) is 0.385. The maximum Gasteiger partial charge on any atom is 0.343 e. The Labute approximate surface area is 209 Å². The van der Waals surface area contributed by atoms with Crippen LogP contribution in [0.25, 0.3) is 0 Å². The van der Waals surface area contributed by atoms with Crippen LogP contribution in [-0.4, -0.2) is 30.5 Å². The zero-order valence-electron chi connectivity index (χ0n) is 19.5. The molecule has 8 heteroatoms. The average Bonchev–Trinajstić information content (AvgIpc) is 2.83. The lowest BCUT2D eigenvalue weighted by atomic mass is 10.1. The van der Waals surface area contributed by atoms with Crippen LogP contribution in [-0.2, 0) is 9.59 Å². The largest absolute Gasteiger partial charge is 0.423 e. The summed E-state index contributed by atoms with van der Waals surface area (Å²) < 4.78 is 6.14. The molecule has 2 amide bonds. The van der Waals surface area contributed by atoms with E-state index in [0.29, 0.717) is 23.3 Å².